The number of hydrogen-bond donors (Lipinski definition) is 2. The van der Waals surface area contributed by atoms with Gasteiger partial charge in [-0.1, -0.05) is 0 Å². The van der Waals surface area contributed by atoms with Crippen molar-refractivity contribution in [2.45, 2.75) is 32.7 Å². The molecule has 2 fully saturated rings. The Morgan fingerprint density at radius 3 is 2.82 bits per heavy atom. The third kappa shape index (κ3) is 3.68. The van der Waals surface area contributed by atoms with Gasteiger partial charge >= 0.3 is 0 Å². The number of nitrogens with one attached hydrogen (secondary N) is 2. The van der Waals surface area contributed by atoms with Crippen LogP contribution in [0, 0.1) is 11.8 Å². The summed E-state index contributed by atoms with van der Waals surface area (Å²) >= 11 is 0. The van der Waals surface area contributed by atoms with E-state index in [2.05, 4.69) is 22.5 Å². The van der Waals surface area contributed by atoms with Crippen molar-refractivity contribution in [3.05, 3.63) is 0 Å². The molecule has 0 radical (unpaired) electrons. The highest BCUT2D eigenvalue weighted by molar-refractivity contribution is 5.73. The molecule has 0 unspecified atom stereocenters. The summed E-state index contributed by atoms with van der Waals surface area (Å²) in [5.74, 6) is 1.85. The molecule has 0 aromatic rings. The van der Waals surface area contributed by atoms with E-state index in [4.69, 9.17) is 0 Å². The highest BCUT2D eigenvalue weighted by atomic mass is 16.1. The number of hydrogen-bond acceptors (Lipinski definition) is 3. The fourth-order valence-corrected chi connectivity index (χ4v) is 3.07. The standard InChI is InChI=1S/C13H25N3O/c1-10(15-11(2)17)8-16-5-3-4-12(9-16)13-6-14-7-13/h10,12-14H,3-9H2,1-2H3,(H,15,17)/t10-,12-/m0/s1. The largest absolute Gasteiger partial charge is 0.353 e. The first-order chi connectivity index (χ1) is 8.15. The molecule has 2 heterocycles. The second kappa shape index (κ2) is 5.83. The molecule has 0 aromatic heterocycles. The van der Waals surface area contributed by atoms with Gasteiger partial charge in [0, 0.05) is 26.1 Å². The topological polar surface area (TPSA) is 44.4 Å². The minimum absolute atomic E-state index is 0.0780. The first kappa shape index (κ1) is 12.8. The van der Waals surface area contributed by atoms with E-state index in [1.807, 2.05) is 0 Å². The van der Waals surface area contributed by atoms with Gasteiger partial charge in [0.05, 0.1) is 0 Å². The van der Waals surface area contributed by atoms with Crippen molar-refractivity contribution in [1.82, 2.24) is 15.5 Å². The maximum Gasteiger partial charge on any atom is 0.217 e. The van der Waals surface area contributed by atoms with Crippen LogP contribution in [0.15, 0.2) is 0 Å². The van der Waals surface area contributed by atoms with Gasteiger partial charge in [0.2, 0.25) is 5.91 Å². The zero-order chi connectivity index (χ0) is 12.3. The van der Waals surface area contributed by atoms with Crippen LogP contribution in [0.5, 0.6) is 0 Å². The molecule has 4 nitrogen and oxygen atoms in total. The van der Waals surface area contributed by atoms with E-state index in [0.717, 1.165) is 18.4 Å². The van der Waals surface area contributed by atoms with E-state index >= 15 is 0 Å². The molecule has 0 aromatic carbocycles. The smallest absolute Gasteiger partial charge is 0.217 e. The summed E-state index contributed by atoms with van der Waals surface area (Å²) in [5.41, 5.74) is 0. The van der Waals surface area contributed by atoms with Crippen LogP contribution in [0.1, 0.15) is 26.7 Å². The Hall–Kier alpha value is -0.610. The van der Waals surface area contributed by atoms with Crippen LogP contribution in [0.25, 0.3) is 0 Å². The third-order valence-electron chi connectivity index (χ3n) is 4.00. The Labute approximate surface area is 104 Å². The molecule has 98 valence electrons. The number of amides is 1. The van der Waals surface area contributed by atoms with E-state index in [9.17, 15) is 4.79 Å². The van der Waals surface area contributed by atoms with E-state index in [1.165, 1.54) is 39.0 Å². The summed E-state index contributed by atoms with van der Waals surface area (Å²) < 4.78 is 0. The average molecular weight is 239 g/mol. The molecular formula is C13H25N3O. The minimum atomic E-state index is 0.0780. The minimum Gasteiger partial charge on any atom is -0.353 e. The second-order valence-electron chi connectivity index (χ2n) is 5.68. The molecule has 0 spiro atoms. The predicted octanol–water partition coefficient (Wildman–Crippen LogP) is 0.442. The fourth-order valence-electron chi connectivity index (χ4n) is 3.07. The maximum atomic E-state index is 11.0. The first-order valence-corrected chi connectivity index (χ1v) is 6.85. The molecule has 2 aliphatic heterocycles. The van der Waals surface area contributed by atoms with Crippen molar-refractivity contribution >= 4 is 5.91 Å². The highest BCUT2D eigenvalue weighted by Gasteiger charge is 2.30. The van der Waals surface area contributed by atoms with Crippen LogP contribution >= 0.6 is 0 Å². The highest BCUT2D eigenvalue weighted by Crippen LogP contribution is 2.26. The van der Waals surface area contributed by atoms with Crippen molar-refractivity contribution in [2.24, 2.45) is 11.8 Å². The molecule has 1 amide bonds. The third-order valence-corrected chi connectivity index (χ3v) is 4.00. The lowest BCUT2D eigenvalue weighted by Gasteiger charge is -2.41. The monoisotopic (exact) mass is 239 g/mol. The number of rotatable bonds is 4. The Bertz CT molecular complexity index is 265. The summed E-state index contributed by atoms with van der Waals surface area (Å²) in [7, 11) is 0. The quantitative estimate of drug-likeness (QED) is 0.748. The molecule has 0 aliphatic carbocycles. The Morgan fingerprint density at radius 1 is 1.47 bits per heavy atom. The van der Waals surface area contributed by atoms with Gasteiger partial charge in [-0.25, -0.2) is 0 Å². The van der Waals surface area contributed by atoms with Crippen molar-refractivity contribution < 1.29 is 4.79 Å². The Balaban J connectivity index is 1.74. The summed E-state index contributed by atoms with van der Waals surface area (Å²) in [6, 6.07) is 0.269. The fraction of sp³-hybridized carbons (Fsp3) is 0.923. The number of carbonyl (C=O) groups excluding carboxylic acids is 1. The number of carbonyl (C=O) groups is 1. The number of nitrogens with zero attached hydrogens (tertiary/aromatic N) is 1. The van der Waals surface area contributed by atoms with Gasteiger partial charge < -0.3 is 15.5 Å². The van der Waals surface area contributed by atoms with Gasteiger partial charge in [-0.15, -0.1) is 0 Å². The van der Waals surface area contributed by atoms with Crippen LogP contribution in [0.4, 0.5) is 0 Å². The lowest BCUT2D eigenvalue weighted by atomic mass is 9.82. The molecule has 2 rings (SSSR count). The molecule has 0 bridgehead atoms. The van der Waals surface area contributed by atoms with E-state index in [1.54, 1.807) is 6.92 Å². The van der Waals surface area contributed by atoms with Gasteiger partial charge in [-0.05, 0) is 51.2 Å². The summed E-state index contributed by atoms with van der Waals surface area (Å²) in [4.78, 5) is 13.5. The van der Waals surface area contributed by atoms with Crippen LogP contribution in [-0.4, -0.2) is 49.6 Å². The number of piperidine rings is 1. The molecule has 2 atom stereocenters. The summed E-state index contributed by atoms with van der Waals surface area (Å²) in [5, 5.41) is 6.33. The van der Waals surface area contributed by atoms with Gasteiger partial charge in [0.1, 0.15) is 0 Å². The SMILES string of the molecule is CC(=O)N[C@@H](C)CN1CCC[C@H](C2CNC2)C1. The van der Waals surface area contributed by atoms with E-state index in [-0.39, 0.29) is 11.9 Å². The summed E-state index contributed by atoms with van der Waals surface area (Å²) in [6.45, 7) is 9.51. The van der Waals surface area contributed by atoms with Crippen molar-refractivity contribution in [1.29, 1.82) is 0 Å². The van der Waals surface area contributed by atoms with Crippen molar-refractivity contribution in [3.8, 4) is 0 Å². The van der Waals surface area contributed by atoms with Crippen molar-refractivity contribution in [3.63, 3.8) is 0 Å². The lowest BCUT2D eigenvalue weighted by molar-refractivity contribution is -0.119. The van der Waals surface area contributed by atoms with Gasteiger partial charge in [-0.3, -0.25) is 4.79 Å². The van der Waals surface area contributed by atoms with E-state index < -0.39 is 0 Å². The molecule has 2 saturated heterocycles. The molecular weight excluding hydrogens is 214 g/mol. The Kier molecular flexibility index (Phi) is 4.40. The zero-order valence-electron chi connectivity index (χ0n) is 11.0. The molecule has 17 heavy (non-hydrogen) atoms. The molecule has 2 aliphatic rings. The first-order valence-electron chi connectivity index (χ1n) is 6.85. The normalized spacial score (nSPS) is 28.5. The van der Waals surface area contributed by atoms with E-state index in [0.29, 0.717) is 0 Å². The van der Waals surface area contributed by atoms with Crippen molar-refractivity contribution in [2.75, 3.05) is 32.7 Å². The molecule has 0 saturated carbocycles. The zero-order valence-corrected chi connectivity index (χ0v) is 11.0. The van der Waals surface area contributed by atoms with Gasteiger partial charge in [0.25, 0.3) is 0 Å². The van der Waals surface area contributed by atoms with Crippen LogP contribution < -0.4 is 10.6 Å². The Morgan fingerprint density at radius 2 is 2.24 bits per heavy atom. The van der Waals surface area contributed by atoms with Crippen LogP contribution in [0.3, 0.4) is 0 Å². The maximum absolute atomic E-state index is 11.0. The second-order valence-corrected chi connectivity index (χ2v) is 5.68. The molecule has 2 N–H and O–H groups in total. The average Bonchev–Trinajstić information content (AvgIpc) is 2.13. The van der Waals surface area contributed by atoms with Gasteiger partial charge in [0.15, 0.2) is 0 Å². The number of likely N-dealkylation sites (tertiary alicyclic amines) is 1. The van der Waals surface area contributed by atoms with Crippen LogP contribution in [0.2, 0.25) is 0 Å². The lowest BCUT2D eigenvalue weighted by Crippen LogP contribution is -2.52. The summed E-state index contributed by atoms with van der Waals surface area (Å²) in [6.07, 6.45) is 2.70. The predicted molar refractivity (Wildman–Crippen MR) is 68.8 cm³/mol. The van der Waals surface area contributed by atoms with Gasteiger partial charge in [-0.2, -0.15) is 0 Å². The molecule has 4 heteroatoms. The van der Waals surface area contributed by atoms with Crippen LogP contribution in [-0.2, 0) is 4.79 Å².